The molecule has 8 nitrogen and oxygen atoms in total. The third kappa shape index (κ3) is 1.10. The predicted octanol–water partition coefficient (Wildman–Crippen LogP) is -1.56. The third-order valence-electron chi connectivity index (χ3n) is 2.37. The fourth-order valence-electron chi connectivity index (χ4n) is 1.53. The van der Waals surface area contributed by atoms with Gasteiger partial charge in [0.1, 0.15) is 11.1 Å². The van der Waals surface area contributed by atoms with Gasteiger partial charge in [0.05, 0.1) is 17.1 Å². The Labute approximate surface area is 89.8 Å². The van der Waals surface area contributed by atoms with E-state index < -0.39 is 0 Å². The predicted molar refractivity (Wildman–Crippen MR) is 59.5 cm³/mol. The van der Waals surface area contributed by atoms with Crippen LogP contribution in [0.2, 0.25) is 0 Å². The minimum atomic E-state index is 0.0114. The van der Waals surface area contributed by atoms with Gasteiger partial charge in [-0.2, -0.15) is 0 Å². The minimum absolute atomic E-state index is 0.0114. The van der Waals surface area contributed by atoms with Crippen molar-refractivity contribution in [2.45, 2.75) is 0 Å². The maximum absolute atomic E-state index is 11.5. The van der Waals surface area contributed by atoms with Gasteiger partial charge >= 0.3 is 6.33 Å². The molecule has 8 N–H and O–H groups in total. The van der Waals surface area contributed by atoms with Crippen molar-refractivity contribution in [3.05, 3.63) is 22.9 Å². The lowest BCUT2D eigenvalue weighted by atomic mass is 10.1. The number of nitrogen functional groups attached to an aromatic ring is 4. The second-order valence-corrected chi connectivity index (χ2v) is 3.35. The van der Waals surface area contributed by atoms with E-state index in [9.17, 15) is 10.4 Å². The molecule has 16 heavy (non-hydrogen) atoms. The molecule has 0 unspecified atom stereocenters. The molecule has 0 amide bonds. The van der Waals surface area contributed by atoms with Crippen molar-refractivity contribution >= 4 is 33.7 Å². The molecule has 8 heteroatoms. The van der Waals surface area contributed by atoms with E-state index in [2.05, 4.69) is 0 Å². The Morgan fingerprint density at radius 2 is 1.44 bits per heavy atom. The highest BCUT2D eigenvalue weighted by atomic mass is 16.5. The molecule has 0 fully saturated rings. The Balaban J connectivity index is 3.08. The summed E-state index contributed by atoms with van der Waals surface area (Å²) in [6, 6.07) is 0. The van der Waals surface area contributed by atoms with Crippen molar-refractivity contribution in [1.82, 2.24) is 0 Å². The Morgan fingerprint density at radius 3 is 2.06 bits per heavy atom. The van der Waals surface area contributed by atoms with Gasteiger partial charge in [0.2, 0.25) is 6.20 Å². The van der Waals surface area contributed by atoms with Gasteiger partial charge in [0.25, 0.3) is 5.52 Å². The minimum Gasteiger partial charge on any atom is -0.614 e. The molecule has 0 aliphatic carbocycles. The van der Waals surface area contributed by atoms with Gasteiger partial charge in [-0.3, -0.25) is 0 Å². The van der Waals surface area contributed by atoms with E-state index in [1.165, 1.54) is 0 Å². The summed E-state index contributed by atoms with van der Waals surface area (Å²) in [7, 11) is 0. The Kier molecular flexibility index (Phi) is 1.81. The van der Waals surface area contributed by atoms with Crippen LogP contribution < -0.4 is 32.4 Å². The molecule has 0 spiro atoms. The zero-order chi connectivity index (χ0) is 12.0. The van der Waals surface area contributed by atoms with Crippen LogP contribution in [0.4, 0.5) is 22.7 Å². The molecule has 0 aliphatic heterocycles. The van der Waals surface area contributed by atoms with Gasteiger partial charge in [-0.1, -0.05) is 0 Å². The summed E-state index contributed by atoms with van der Waals surface area (Å²) < 4.78 is 0.630. The summed E-state index contributed by atoms with van der Waals surface area (Å²) in [4.78, 5) is 0. The lowest BCUT2D eigenvalue weighted by molar-refractivity contribution is -0.730. The van der Waals surface area contributed by atoms with Crippen LogP contribution in [0.1, 0.15) is 0 Å². The molecule has 2 rings (SSSR count). The molecule has 0 saturated heterocycles. The fraction of sp³-hybridized carbons (Fsp3) is 0. The number of rotatable bonds is 0. The molecular formula is C8H10N6O2. The monoisotopic (exact) mass is 222 g/mol. The molecular weight excluding hydrogens is 212 g/mol. The van der Waals surface area contributed by atoms with Crippen molar-refractivity contribution in [2.75, 3.05) is 22.9 Å². The Hall–Kier alpha value is -2.64. The van der Waals surface area contributed by atoms with Crippen LogP contribution in [0, 0.1) is 10.4 Å². The van der Waals surface area contributed by atoms with E-state index >= 15 is 0 Å². The number of hydrogen-bond acceptors (Lipinski definition) is 6. The second-order valence-electron chi connectivity index (χ2n) is 3.35. The van der Waals surface area contributed by atoms with Gasteiger partial charge in [-0.15, -0.1) is 9.46 Å². The average molecular weight is 222 g/mol. The standard InChI is InChI=1S/C8H10N6O2/c9-4-3-1-13(15)2-14(16)8(3)7(12)6(11)5(4)10/h1-2H,9-12H2. The Morgan fingerprint density at radius 1 is 0.875 bits per heavy atom. The molecule has 0 saturated carbocycles. The highest BCUT2D eigenvalue weighted by Crippen LogP contribution is 2.35. The molecule has 2 aromatic rings. The van der Waals surface area contributed by atoms with Crippen molar-refractivity contribution in [2.24, 2.45) is 0 Å². The molecule has 0 aliphatic rings. The van der Waals surface area contributed by atoms with Gasteiger partial charge in [0.15, 0.2) is 0 Å². The van der Waals surface area contributed by atoms with Crippen LogP contribution in [-0.2, 0) is 0 Å². The number of nitrogens with zero attached hydrogens (tertiary/aromatic N) is 2. The first-order valence-corrected chi connectivity index (χ1v) is 4.31. The van der Waals surface area contributed by atoms with E-state index in [1.54, 1.807) is 0 Å². The lowest BCUT2D eigenvalue weighted by Crippen LogP contribution is -2.41. The number of fused-ring (bicyclic) bond motifs is 1. The zero-order valence-electron chi connectivity index (χ0n) is 8.18. The second kappa shape index (κ2) is 2.92. The number of anilines is 4. The van der Waals surface area contributed by atoms with Crippen LogP contribution in [0.25, 0.3) is 10.9 Å². The summed E-state index contributed by atoms with van der Waals surface area (Å²) in [5.41, 5.74) is 22.7. The van der Waals surface area contributed by atoms with Crippen molar-refractivity contribution < 1.29 is 9.46 Å². The maximum Gasteiger partial charge on any atom is 0.430 e. The first-order chi connectivity index (χ1) is 7.43. The molecule has 1 heterocycles. The largest absolute Gasteiger partial charge is 0.614 e. The van der Waals surface area contributed by atoms with Gasteiger partial charge in [0, 0.05) is 0 Å². The zero-order valence-corrected chi connectivity index (χ0v) is 8.18. The van der Waals surface area contributed by atoms with Crippen molar-refractivity contribution in [1.29, 1.82) is 0 Å². The SMILES string of the molecule is Nc1c(N)c(N)c2c(c[n+]([O-])c[n+]2[O-])c1N. The molecule has 0 atom stereocenters. The van der Waals surface area contributed by atoms with Crippen LogP contribution in [0.5, 0.6) is 0 Å². The third-order valence-corrected chi connectivity index (χ3v) is 2.37. The fourth-order valence-corrected chi connectivity index (χ4v) is 1.53. The van der Waals surface area contributed by atoms with Crippen molar-refractivity contribution in [3.8, 4) is 0 Å². The lowest BCUT2D eigenvalue weighted by Gasteiger charge is -2.10. The number of benzene rings is 1. The van der Waals surface area contributed by atoms with E-state index in [1.807, 2.05) is 0 Å². The highest BCUT2D eigenvalue weighted by Gasteiger charge is 2.21. The average Bonchev–Trinajstić information content (AvgIpc) is 2.22. The molecule has 84 valence electrons. The molecule has 0 bridgehead atoms. The number of nitrogens with two attached hydrogens (primary N) is 4. The first-order valence-electron chi connectivity index (χ1n) is 4.31. The quantitative estimate of drug-likeness (QED) is 0.239. The topological polar surface area (TPSA) is 158 Å². The summed E-state index contributed by atoms with van der Waals surface area (Å²) in [5.74, 6) is 0. The summed E-state index contributed by atoms with van der Waals surface area (Å²) in [5, 5.41) is 22.8. The van der Waals surface area contributed by atoms with Crippen LogP contribution in [0.15, 0.2) is 12.5 Å². The number of aromatic nitrogens is 2. The normalized spacial score (nSPS) is 10.8. The highest BCUT2D eigenvalue weighted by molar-refractivity contribution is 6.08. The summed E-state index contributed by atoms with van der Waals surface area (Å²) >= 11 is 0. The molecule has 0 radical (unpaired) electrons. The maximum atomic E-state index is 11.5. The van der Waals surface area contributed by atoms with Gasteiger partial charge < -0.3 is 33.3 Å². The number of hydrogen-bond donors (Lipinski definition) is 4. The van der Waals surface area contributed by atoms with E-state index in [-0.39, 0.29) is 33.7 Å². The van der Waals surface area contributed by atoms with Gasteiger partial charge in [-0.25, -0.2) is 0 Å². The summed E-state index contributed by atoms with van der Waals surface area (Å²) in [6.07, 6.45) is 1.89. The van der Waals surface area contributed by atoms with Crippen molar-refractivity contribution in [3.63, 3.8) is 0 Å². The Bertz CT molecular complexity index is 597. The summed E-state index contributed by atoms with van der Waals surface area (Å²) in [6.45, 7) is 0. The molecule has 1 aromatic heterocycles. The van der Waals surface area contributed by atoms with Crippen LogP contribution in [-0.4, -0.2) is 0 Å². The van der Waals surface area contributed by atoms with Gasteiger partial charge in [-0.05, 0) is 0 Å². The molecule has 1 aromatic carbocycles. The van der Waals surface area contributed by atoms with E-state index in [4.69, 9.17) is 22.9 Å². The first kappa shape index (κ1) is 9.90. The van der Waals surface area contributed by atoms with Crippen LogP contribution >= 0.6 is 0 Å². The van der Waals surface area contributed by atoms with E-state index in [0.29, 0.717) is 9.46 Å². The van der Waals surface area contributed by atoms with Crippen LogP contribution in [0.3, 0.4) is 0 Å². The smallest absolute Gasteiger partial charge is 0.430 e. The van der Waals surface area contributed by atoms with E-state index in [0.717, 1.165) is 12.5 Å².